The average Bonchev–Trinajstić information content (AvgIpc) is 2.87. The Balaban J connectivity index is 0.000000389. The summed E-state index contributed by atoms with van der Waals surface area (Å²) in [5, 5.41) is 0. The summed E-state index contributed by atoms with van der Waals surface area (Å²) < 4.78 is 90.5. The van der Waals surface area contributed by atoms with Gasteiger partial charge in [0, 0.05) is 11.6 Å². The van der Waals surface area contributed by atoms with Gasteiger partial charge in [-0.15, -0.1) is 0 Å². The highest BCUT2D eigenvalue weighted by atomic mass is 19.4. The molecular weight excluding hydrogens is 518 g/mol. The zero-order valence-corrected chi connectivity index (χ0v) is 21.2. The SMILES string of the molecule is CCCCOc1cc(C(F)(F)F)ccc1C=CC(=O)OC.CCCCOc1cc(C(F)(F)F)ccc1C=O. The topological polar surface area (TPSA) is 61.8 Å². The van der Waals surface area contributed by atoms with E-state index in [1.54, 1.807) is 0 Å². The number of carbonyl (C=O) groups excluding carboxylic acids is 2. The second-order valence-electron chi connectivity index (χ2n) is 7.88. The van der Waals surface area contributed by atoms with Crippen molar-refractivity contribution in [3.63, 3.8) is 0 Å². The second kappa shape index (κ2) is 15.7. The summed E-state index contributed by atoms with van der Waals surface area (Å²) in [5.74, 6) is -0.504. The third-order valence-electron chi connectivity index (χ3n) is 4.92. The van der Waals surface area contributed by atoms with E-state index in [9.17, 15) is 35.9 Å². The molecule has 0 aliphatic carbocycles. The van der Waals surface area contributed by atoms with Gasteiger partial charge in [-0.2, -0.15) is 26.3 Å². The first-order valence-corrected chi connectivity index (χ1v) is 11.8. The molecule has 0 saturated carbocycles. The number of hydrogen-bond acceptors (Lipinski definition) is 5. The van der Waals surface area contributed by atoms with Gasteiger partial charge < -0.3 is 14.2 Å². The Morgan fingerprint density at radius 3 is 1.63 bits per heavy atom. The van der Waals surface area contributed by atoms with Crippen LogP contribution in [0.15, 0.2) is 42.5 Å². The molecule has 0 bridgehead atoms. The van der Waals surface area contributed by atoms with Crippen LogP contribution in [0, 0.1) is 0 Å². The van der Waals surface area contributed by atoms with E-state index in [0.717, 1.165) is 62.1 Å². The predicted octanol–water partition coefficient (Wildman–Crippen LogP) is 7.77. The fourth-order valence-electron chi connectivity index (χ4n) is 2.79. The van der Waals surface area contributed by atoms with E-state index in [1.807, 2.05) is 13.8 Å². The molecule has 0 aromatic heterocycles. The van der Waals surface area contributed by atoms with E-state index < -0.39 is 29.4 Å². The van der Waals surface area contributed by atoms with Crippen LogP contribution in [-0.4, -0.2) is 32.6 Å². The summed E-state index contributed by atoms with van der Waals surface area (Å²) >= 11 is 0. The predicted molar refractivity (Wildman–Crippen MR) is 130 cm³/mol. The van der Waals surface area contributed by atoms with E-state index in [0.29, 0.717) is 25.1 Å². The number of rotatable bonds is 11. The molecule has 0 N–H and O–H groups in total. The molecule has 210 valence electrons. The summed E-state index contributed by atoms with van der Waals surface area (Å²) in [6.45, 7) is 4.51. The summed E-state index contributed by atoms with van der Waals surface area (Å²) in [5.41, 5.74) is -1.07. The molecule has 0 aliphatic heterocycles. The summed E-state index contributed by atoms with van der Waals surface area (Å²) in [4.78, 5) is 21.7. The Morgan fingerprint density at radius 1 is 0.789 bits per heavy atom. The number of ether oxygens (including phenoxy) is 3. The van der Waals surface area contributed by atoms with Crippen LogP contribution < -0.4 is 9.47 Å². The maximum absolute atomic E-state index is 12.7. The molecule has 0 heterocycles. The monoisotopic (exact) mass is 548 g/mol. The minimum absolute atomic E-state index is 0.0109. The van der Waals surface area contributed by atoms with Crippen molar-refractivity contribution < 1.29 is 50.1 Å². The average molecular weight is 549 g/mol. The zero-order valence-electron chi connectivity index (χ0n) is 21.2. The van der Waals surface area contributed by atoms with Crippen LogP contribution in [0.25, 0.3) is 6.08 Å². The van der Waals surface area contributed by atoms with Crippen molar-refractivity contribution in [1.29, 1.82) is 0 Å². The Kier molecular flexibility index (Phi) is 13.4. The molecule has 0 aliphatic rings. The van der Waals surface area contributed by atoms with Crippen LogP contribution >= 0.6 is 0 Å². The highest BCUT2D eigenvalue weighted by Crippen LogP contribution is 2.34. The number of unbranched alkanes of at least 4 members (excludes halogenated alkanes) is 2. The number of benzene rings is 2. The Hall–Kier alpha value is -3.50. The van der Waals surface area contributed by atoms with Crippen LogP contribution in [0.2, 0.25) is 0 Å². The van der Waals surface area contributed by atoms with Crippen molar-refractivity contribution >= 4 is 18.3 Å². The lowest BCUT2D eigenvalue weighted by Gasteiger charge is -2.13. The molecule has 0 unspecified atom stereocenters. The zero-order chi connectivity index (χ0) is 28.8. The molecule has 5 nitrogen and oxygen atoms in total. The summed E-state index contributed by atoms with van der Waals surface area (Å²) in [6, 6.07) is 6.01. The van der Waals surface area contributed by atoms with Gasteiger partial charge >= 0.3 is 18.3 Å². The maximum atomic E-state index is 12.7. The van der Waals surface area contributed by atoms with Gasteiger partial charge in [0.15, 0.2) is 6.29 Å². The van der Waals surface area contributed by atoms with Gasteiger partial charge in [-0.05, 0) is 49.2 Å². The highest BCUT2D eigenvalue weighted by Gasteiger charge is 2.32. The lowest BCUT2D eigenvalue weighted by Crippen LogP contribution is -2.07. The van der Waals surface area contributed by atoms with Gasteiger partial charge in [0.25, 0.3) is 0 Å². The second-order valence-corrected chi connectivity index (χ2v) is 7.88. The number of methoxy groups -OCH3 is 1. The van der Waals surface area contributed by atoms with Gasteiger partial charge in [0.2, 0.25) is 0 Å². The smallest absolute Gasteiger partial charge is 0.416 e. The van der Waals surface area contributed by atoms with Gasteiger partial charge in [0.1, 0.15) is 11.5 Å². The standard InChI is InChI=1S/C15H17F3O3.C12H13F3O2/c1-3-4-9-21-13-10-12(15(16,17)18)7-5-11(13)6-8-14(19)20-2;1-2-3-6-17-11-7-10(12(13,14)15)5-4-9(11)8-16/h5-8,10H,3-4,9H2,1-2H3;4-5,7-8H,2-3,6H2,1H3. The first-order valence-electron chi connectivity index (χ1n) is 11.8. The first kappa shape index (κ1) is 32.5. The van der Waals surface area contributed by atoms with Gasteiger partial charge in [-0.25, -0.2) is 4.79 Å². The molecule has 0 spiro atoms. The van der Waals surface area contributed by atoms with Crippen LogP contribution in [-0.2, 0) is 21.9 Å². The van der Waals surface area contributed by atoms with Crippen molar-refractivity contribution in [2.24, 2.45) is 0 Å². The lowest BCUT2D eigenvalue weighted by molar-refractivity contribution is -0.138. The quantitative estimate of drug-likeness (QED) is 0.0944. The molecule has 0 atom stereocenters. The molecule has 0 amide bonds. The van der Waals surface area contributed by atoms with Crippen molar-refractivity contribution in [3.05, 3.63) is 64.7 Å². The summed E-state index contributed by atoms with van der Waals surface area (Å²) in [7, 11) is 1.22. The maximum Gasteiger partial charge on any atom is 0.416 e. The van der Waals surface area contributed by atoms with Crippen LogP contribution in [0.5, 0.6) is 11.5 Å². The van der Waals surface area contributed by atoms with Crippen molar-refractivity contribution in [1.82, 2.24) is 0 Å². The largest absolute Gasteiger partial charge is 0.493 e. The Labute approximate surface area is 217 Å². The minimum Gasteiger partial charge on any atom is -0.493 e. The van der Waals surface area contributed by atoms with Gasteiger partial charge in [0.05, 0.1) is 37.0 Å². The number of aldehydes is 1. The minimum atomic E-state index is -4.44. The molecule has 38 heavy (non-hydrogen) atoms. The van der Waals surface area contributed by atoms with Crippen LogP contribution in [0.3, 0.4) is 0 Å². The molecule has 2 aromatic rings. The number of hydrogen-bond donors (Lipinski definition) is 0. The highest BCUT2D eigenvalue weighted by molar-refractivity contribution is 5.87. The third-order valence-corrected chi connectivity index (χ3v) is 4.92. The number of halogens is 6. The normalized spacial score (nSPS) is 11.5. The van der Waals surface area contributed by atoms with E-state index in [-0.39, 0.29) is 17.1 Å². The van der Waals surface area contributed by atoms with E-state index in [2.05, 4.69) is 4.74 Å². The fraction of sp³-hybridized carbons (Fsp3) is 0.407. The van der Waals surface area contributed by atoms with Crippen LogP contribution in [0.4, 0.5) is 26.3 Å². The molecule has 11 heteroatoms. The number of alkyl halides is 6. The molecule has 0 saturated heterocycles. The molecular formula is C27H30F6O5. The van der Waals surface area contributed by atoms with Crippen molar-refractivity contribution in [2.45, 2.75) is 51.9 Å². The molecule has 2 aromatic carbocycles. The van der Waals surface area contributed by atoms with E-state index >= 15 is 0 Å². The molecule has 0 fully saturated rings. The molecule has 0 radical (unpaired) electrons. The summed E-state index contributed by atoms with van der Waals surface area (Å²) in [6.07, 6.45) is -2.67. The van der Waals surface area contributed by atoms with E-state index in [1.165, 1.54) is 19.3 Å². The molecule has 2 rings (SSSR count). The van der Waals surface area contributed by atoms with Crippen LogP contribution in [0.1, 0.15) is 66.6 Å². The first-order chi connectivity index (χ1) is 17.9. The van der Waals surface area contributed by atoms with E-state index in [4.69, 9.17) is 9.47 Å². The Bertz CT molecular complexity index is 1060. The van der Waals surface area contributed by atoms with Crippen molar-refractivity contribution in [2.75, 3.05) is 20.3 Å². The van der Waals surface area contributed by atoms with Crippen molar-refractivity contribution in [3.8, 4) is 11.5 Å². The van der Waals surface area contributed by atoms with Gasteiger partial charge in [-0.3, -0.25) is 4.79 Å². The Morgan fingerprint density at radius 2 is 1.24 bits per heavy atom. The number of esters is 1. The van der Waals surface area contributed by atoms with Gasteiger partial charge in [-0.1, -0.05) is 32.8 Å². The lowest BCUT2D eigenvalue weighted by atomic mass is 10.1. The third kappa shape index (κ3) is 11.3. The fourth-order valence-corrected chi connectivity index (χ4v) is 2.79. The number of carbonyl (C=O) groups is 2.